The van der Waals surface area contributed by atoms with Crippen LogP contribution in [-0.2, 0) is 4.79 Å². The Morgan fingerprint density at radius 3 is 2.61 bits per heavy atom. The Labute approximate surface area is 181 Å². The third-order valence-electron chi connectivity index (χ3n) is 6.51. The molecule has 9 heteroatoms. The fraction of sp³-hybridized carbons (Fsp3) is 0.455. The highest BCUT2D eigenvalue weighted by Gasteiger charge is 2.44. The summed E-state index contributed by atoms with van der Waals surface area (Å²) in [7, 11) is 2.14. The highest BCUT2D eigenvalue weighted by atomic mass is 19.1. The first kappa shape index (κ1) is 20.3. The van der Waals surface area contributed by atoms with Crippen molar-refractivity contribution < 1.29 is 9.18 Å². The molecule has 3 unspecified atom stereocenters. The number of hydrogen-bond donors (Lipinski definition) is 3. The van der Waals surface area contributed by atoms with Crippen molar-refractivity contribution in [2.45, 2.75) is 31.5 Å². The second kappa shape index (κ2) is 8.16. The van der Waals surface area contributed by atoms with Gasteiger partial charge in [-0.25, -0.2) is 25.2 Å². The van der Waals surface area contributed by atoms with Crippen LogP contribution in [0.2, 0.25) is 0 Å². The molecule has 0 aliphatic carbocycles. The minimum absolute atomic E-state index is 0.0851. The van der Waals surface area contributed by atoms with E-state index in [1.165, 1.54) is 11.1 Å². The van der Waals surface area contributed by atoms with Crippen molar-refractivity contribution in [3.63, 3.8) is 0 Å². The van der Waals surface area contributed by atoms with Crippen LogP contribution in [0.5, 0.6) is 0 Å². The summed E-state index contributed by atoms with van der Waals surface area (Å²) in [5.41, 5.74) is 11.8. The SMILES string of the molecule is Cc1cccc(F)c1N1NC2C(CC1=O)NNC2c1ccc(N2CCN(C)CC2)nc1. The first-order valence-electron chi connectivity index (χ1n) is 10.8. The number of amides is 1. The van der Waals surface area contributed by atoms with E-state index in [2.05, 4.69) is 45.3 Å². The second-order valence-corrected chi connectivity index (χ2v) is 8.61. The zero-order chi connectivity index (χ0) is 21.5. The molecule has 3 aliphatic rings. The molecule has 2 aromatic rings. The molecule has 3 saturated heterocycles. The number of nitrogens with zero attached hydrogens (tertiary/aromatic N) is 4. The summed E-state index contributed by atoms with van der Waals surface area (Å²) in [5, 5.41) is 1.37. The van der Waals surface area contributed by atoms with Gasteiger partial charge in [-0.1, -0.05) is 18.2 Å². The topological polar surface area (TPSA) is 75.8 Å². The molecule has 3 fully saturated rings. The molecule has 31 heavy (non-hydrogen) atoms. The number of pyridine rings is 1. The minimum atomic E-state index is -0.409. The van der Waals surface area contributed by atoms with Gasteiger partial charge in [0, 0.05) is 44.8 Å². The third kappa shape index (κ3) is 3.78. The largest absolute Gasteiger partial charge is 0.354 e. The Morgan fingerprint density at radius 2 is 1.90 bits per heavy atom. The molecule has 3 atom stereocenters. The van der Waals surface area contributed by atoms with Crippen LogP contribution in [0.25, 0.3) is 0 Å². The zero-order valence-electron chi connectivity index (χ0n) is 17.8. The van der Waals surface area contributed by atoms with Crippen molar-refractivity contribution in [3.05, 3.63) is 53.5 Å². The summed E-state index contributed by atoms with van der Waals surface area (Å²) < 4.78 is 14.5. The molecule has 164 valence electrons. The number of hydrogen-bond acceptors (Lipinski definition) is 7. The van der Waals surface area contributed by atoms with E-state index in [9.17, 15) is 9.18 Å². The van der Waals surface area contributed by atoms with Gasteiger partial charge in [-0.05, 0) is 37.2 Å². The van der Waals surface area contributed by atoms with Crippen LogP contribution < -0.4 is 26.2 Å². The van der Waals surface area contributed by atoms with Crippen LogP contribution in [0.1, 0.15) is 23.6 Å². The summed E-state index contributed by atoms with van der Waals surface area (Å²) in [6.45, 7) is 5.81. The predicted octanol–water partition coefficient (Wildman–Crippen LogP) is 1.11. The van der Waals surface area contributed by atoms with Crippen LogP contribution in [0.4, 0.5) is 15.9 Å². The molecule has 0 radical (unpaired) electrons. The number of anilines is 2. The van der Waals surface area contributed by atoms with Crippen molar-refractivity contribution in [2.24, 2.45) is 0 Å². The molecule has 4 heterocycles. The van der Waals surface area contributed by atoms with E-state index < -0.39 is 5.82 Å². The Morgan fingerprint density at radius 1 is 1.10 bits per heavy atom. The van der Waals surface area contributed by atoms with Crippen molar-refractivity contribution in [1.29, 1.82) is 0 Å². The standard InChI is InChI=1S/C22H28FN7O/c1-14-4-3-5-16(23)22(14)30-19(31)12-17-21(27-30)20(26-25-17)15-6-7-18(24-13-15)29-10-8-28(2)9-11-29/h3-7,13,17,20-21,25-27H,8-12H2,1-2H3. The molecular formula is C22H28FN7O. The molecule has 3 N–H and O–H groups in total. The fourth-order valence-corrected chi connectivity index (χ4v) is 4.64. The highest BCUT2D eigenvalue weighted by molar-refractivity contribution is 5.94. The zero-order valence-corrected chi connectivity index (χ0v) is 17.8. The monoisotopic (exact) mass is 425 g/mol. The number of fused-ring (bicyclic) bond motifs is 1. The van der Waals surface area contributed by atoms with Gasteiger partial charge in [0.2, 0.25) is 5.91 Å². The van der Waals surface area contributed by atoms with Crippen molar-refractivity contribution >= 4 is 17.4 Å². The lowest BCUT2D eigenvalue weighted by Gasteiger charge is -2.37. The quantitative estimate of drug-likeness (QED) is 0.680. The number of rotatable bonds is 3. The second-order valence-electron chi connectivity index (χ2n) is 8.61. The van der Waals surface area contributed by atoms with Crippen molar-refractivity contribution in [3.8, 4) is 0 Å². The lowest BCUT2D eigenvalue weighted by molar-refractivity contribution is -0.121. The molecule has 0 spiro atoms. The number of carbonyl (C=O) groups is 1. The summed E-state index contributed by atoms with van der Waals surface area (Å²) in [6.07, 6.45) is 2.17. The summed E-state index contributed by atoms with van der Waals surface area (Å²) in [6, 6.07) is 8.69. The number of aromatic nitrogens is 1. The van der Waals surface area contributed by atoms with Gasteiger partial charge in [0.1, 0.15) is 11.6 Å². The first-order chi connectivity index (χ1) is 15.0. The molecule has 8 nitrogen and oxygen atoms in total. The van der Waals surface area contributed by atoms with Gasteiger partial charge in [-0.2, -0.15) is 0 Å². The van der Waals surface area contributed by atoms with Crippen molar-refractivity contribution in [1.82, 2.24) is 26.2 Å². The highest BCUT2D eigenvalue weighted by Crippen LogP contribution is 2.32. The van der Waals surface area contributed by atoms with E-state index in [1.54, 1.807) is 6.07 Å². The number of benzene rings is 1. The maximum atomic E-state index is 14.5. The average Bonchev–Trinajstić information content (AvgIpc) is 3.17. The summed E-state index contributed by atoms with van der Waals surface area (Å²) >= 11 is 0. The molecule has 1 aromatic carbocycles. The number of halogens is 1. The lowest BCUT2D eigenvalue weighted by atomic mass is 9.94. The van der Waals surface area contributed by atoms with E-state index in [4.69, 9.17) is 4.98 Å². The molecule has 3 aliphatic heterocycles. The van der Waals surface area contributed by atoms with E-state index >= 15 is 0 Å². The Kier molecular flexibility index (Phi) is 5.35. The van der Waals surface area contributed by atoms with Gasteiger partial charge in [0.05, 0.1) is 17.8 Å². The first-order valence-corrected chi connectivity index (χ1v) is 10.8. The van der Waals surface area contributed by atoms with Crippen LogP contribution in [0.3, 0.4) is 0 Å². The number of hydrazine groups is 2. The number of likely N-dealkylation sites (N-methyl/N-ethyl adjacent to an activating group) is 1. The molecule has 1 aromatic heterocycles. The number of aryl methyl sites for hydroxylation is 1. The van der Waals surface area contributed by atoms with Gasteiger partial charge >= 0.3 is 0 Å². The van der Waals surface area contributed by atoms with E-state index in [1.807, 2.05) is 19.2 Å². The molecule has 5 rings (SSSR count). The number of nitrogens with one attached hydrogen (secondary N) is 3. The molecule has 0 bridgehead atoms. The maximum Gasteiger partial charge on any atom is 0.243 e. The van der Waals surface area contributed by atoms with Crippen LogP contribution in [-0.4, -0.2) is 61.1 Å². The van der Waals surface area contributed by atoms with E-state index in [0.29, 0.717) is 11.3 Å². The Bertz CT molecular complexity index is 941. The van der Waals surface area contributed by atoms with Gasteiger partial charge in [-0.15, -0.1) is 0 Å². The van der Waals surface area contributed by atoms with Gasteiger partial charge in [-0.3, -0.25) is 10.2 Å². The minimum Gasteiger partial charge on any atom is -0.354 e. The predicted molar refractivity (Wildman–Crippen MR) is 117 cm³/mol. The number of piperazine rings is 1. The Balaban J connectivity index is 1.35. The third-order valence-corrected chi connectivity index (χ3v) is 6.51. The Hall–Kier alpha value is -2.59. The summed E-state index contributed by atoms with van der Waals surface area (Å²) in [4.78, 5) is 22.1. The summed E-state index contributed by atoms with van der Waals surface area (Å²) in [5.74, 6) is 0.413. The number of para-hydroxylation sites is 1. The van der Waals surface area contributed by atoms with Gasteiger partial charge in [0.25, 0.3) is 0 Å². The number of carbonyl (C=O) groups excluding carboxylic acids is 1. The van der Waals surface area contributed by atoms with E-state index in [-0.39, 0.29) is 30.5 Å². The average molecular weight is 426 g/mol. The smallest absolute Gasteiger partial charge is 0.243 e. The fourth-order valence-electron chi connectivity index (χ4n) is 4.64. The van der Waals surface area contributed by atoms with E-state index in [0.717, 1.165) is 37.6 Å². The molecule has 0 saturated carbocycles. The maximum absolute atomic E-state index is 14.5. The van der Waals surface area contributed by atoms with Crippen LogP contribution in [0.15, 0.2) is 36.5 Å². The van der Waals surface area contributed by atoms with Gasteiger partial charge < -0.3 is 9.80 Å². The molecule has 1 amide bonds. The normalized spacial score (nSPS) is 26.9. The van der Waals surface area contributed by atoms with Crippen LogP contribution >= 0.6 is 0 Å². The molecular weight excluding hydrogens is 397 g/mol. The van der Waals surface area contributed by atoms with Crippen LogP contribution in [0, 0.1) is 12.7 Å². The van der Waals surface area contributed by atoms with Gasteiger partial charge in [0.15, 0.2) is 0 Å². The lowest BCUT2D eigenvalue weighted by Crippen LogP contribution is -2.60. The van der Waals surface area contributed by atoms with Crippen molar-refractivity contribution in [2.75, 3.05) is 43.1 Å².